The average molecular weight is 239 g/mol. The lowest BCUT2D eigenvalue weighted by Gasteiger charge is -2.16. The fraction of sp³-hybridized carbons (Fsp3) is 0.786. The lowest BCUT2D eigenvalue weighted by atomic mass is 10.0. The topological polar surface area (TPSA) is 38.3 Å². The van der Waals surface area contributed by atoms with Crippen LogP contribution in [-0.2, 0) is 9.53 Å². The van der Waals surface area contributed by atoms with Crippen LogP contribution in [0.5, 0.6) is 0 Å². The van der Waals surface area contributed by atoms with Gasteiger partial charge < -0.3 is 10.1 Å². The highest BCUT2D eigenvalue weighted by atomic mass is 16.5. The molecule has 1 fully saturated rings. The molecule has 2 atom stereocenters. The summed E-state index contributed by atoms with van der Waals surface area (Å²) in [4.78, 5) is 11.4. The minimum absolute atomic E-state index is 0.276. The smallest absolute Gasteiger partial charge is 0.334 e. The van der Waals surface area contributed by atoms with Crippen LogP contribution in [0.2, 0.25) is 0 Å². The van der Waals surface area contributed by atoms with Crippen LogP contribution in [0.1, 0.15) is 46.0 Å². The van der Waals surface area contributed by atoms with Crippen LogP contribution in [0.4, 0.5) is 0 Å². The van der Waals surface area contributed by atoms with E-state index in [1.165, 1.54) is 32.1 Å². The van der Waals surface area contributed by atoms with Crippen LogP contribution >= 0.6 is 0 Å². The Morgan fingerprint density at radius 2 is 2.12 bits per heavy atom. The van der Waals surface area contributed by atoms with E-state index in [9.17, 15) is 4.79 Å². The summed E-state index contributed by atoms with van der Waals surface area (Å²) in [6.45, 7) is 8.86. The molecule has 0 radical (unpaired) electrons. The van der Waals surface area contributed by atoms with Crippen molar-refractivity contribution in [1.29, 1.82) is 0 Å². The molecule has 1 rings (SSSR count). The van der Waals surface area contributed by atoms with Gasteiger partial charge in [-0.1, -0.05) is 26.3 Å². The normalized spacial score (nSPS) is 25.1. The quantitative estimate of drug-likeness (QED) is 0.455. The van der Waals surface area contributed by atoms with Gasteiger partial charge in [0.25, 0.3) is 0 Å². The van der Waals surface area contributed by atoms with E-state index >= 15 is 0 Å². The average Bonchev–Trinajstić information content (AvgIpc) is 2.51. The van der Waals surface area contributed by atoms with Crippen LogP contribution < -0.4 is 5.32 Å². The molecule has 0 aromatic heterocycles. The van der Waals surface area contributed by atoms with Gasteiger partial charge in [0.15, 0.2) is 0 Å². The molecule has 0 amide bonds. The maximum absolute atomic E-state index is 11.4. The summed E-state index contributed by atoms with van der Waals surface area (Å²) < 4.78 is 4.91. The summed E-state index contributed by atoms with van der Waals surface area (Å²) >= 11 is 0. The number of nitrogens with one attached hydrogen (secondary N) is 1. The van der Waals surface area contributed by atoms with Gasteiger partial charge >= 0.3 is 5.97 Å². The zero-order valence-corrected chi connectivity index (χ0v) is 11.1. The first-order valence-corrected chi connectivity index (χ1v) is 6.71. The molecule has 1 aliphatic carbocycles. The largest absolute Gasteiger partial charge is 0.463 e. The molecule has 1 aliphatic rings. The summed E-state index contributed by atoms with van der Waals surface area (Å²) in [6, 6.07) is 0.533. The lowest BCUT2D eigenvalue weighted by molar-refractivity contribution is -0.138. The molecule has 1 N–H and O–H groups in total. The van der Waals surface area contributed by atoms with E-state index in [1.807, 2.05) is 6.92 Å². The molecule has 2 unspecified atom stereocenters. The molecular formula is C14H25NO2. The molecule has 17 heavy (non-hydrogen) atoms. The highest BCUT2D eigenvalue weighted by molar-refractivity contribution is 5.88. The number of carbonyl (C=O) groups is 1. The third kappa shape index (κ3) is 5.35. The maximum Gasteiger partial charge on any atom is 0.334 e. The van der Waals surface area contributed by atoms with Crippen molar-refractivity contribution < 1.29 is 9.53 Å². The van der Waals surface area contributed by atoms with Crippen LogP contribution in [0, 0.1) is 5.92 Å². The van der Waals surface area contributed by atoms with E-state index in [4.69, 9.17) is 4.74 Å². The van der Waals surface area contributed by atoms with Gasteiger partial charge in [-0.15, -0.1) is 0 Å². The van der Waals surface area contributed by atoms with Crippen molar-refractivity contribution in [2.45, 2.75) is 52.0 Å². The second-order valence-electron chi connectivity index (χ2n) is 5.02. The van der Waals surface area contributed by atoms with Crippen LogP contribution in [0.25, 0.3) is 0 Å². The Morgan fingerprint density at radius 3 is 2.82 bits per heavy atom. The molecule has 98 valence electrons. The third-order valence-corrected chi connectivity index (χ3v) is 3.43. The number of rotatable bonds is 5. The van der Waals surface area contributed by atoms with Crippen molar-refractivity contribution in [2.75, 3.05) is 13.2 Å². The first-order chi connectivity index (χ1) is 8.13. The Hall–Kier alpha value is -0.830. The molecule has 0 heterocycles. The number of carbonyl (C=O) groups excluding carboxylic acids is 1. The highest BCUT2D eigenvalue weighted by Crippen LogP contribution is 2.22. The molecule has 0 aromatic carbocycles. The van der Waals surface area contributed by atoms with Gasteiger partial charge in [0.1, 0.15) is 0 Å². The first-order valence-electron chi connectivity index (χ1n) is 6.71. The zero-order chi connectivity index (χ0) is 12.7. The first kappa shape index (κ1) is 14.2. The van der Waals surface area contributed by atoms with E-state index in [1.54, 1.807) is 0 Å². The fourth-order valence-corrected chi connectivity index (χ4v) is 2.26. The minimum atomic E-state index is -0.276. The summed E-state index contributed by atoms with van der Waals surface area (Å²) in [5, 5.41) is 3.42. The Morgan fingerprint density at radius 1 is 1.35 bits per heavy atom. The Bertz CT molecular complexity index is 263. The van der Waals surface area contributed by atoms with Crippen molar-refractivity contribution in [3.05, 3.63) is 12.2 Å². The SMILES string of the molecule is C=C(CNC1CCCC(C)CC1)C(=O)OCC. The minimum Gasteiger partial charge on any atom is -0.463 e. The molecular weight excluding hydrogens is 214 g/mol. The number of esters is 1. The molecule has 0 bridgehead atoms. The van der Waals surface area contributed by atoms with Gasteiger partial charge in [0.2, 0.25) is 0 Å². The lowest BCUT2D eigenvalue weighted by Crippen LogP contribution is -2.32. The maximum atomic E-state index is 11.4. The van der Waals surface area contributed by atoms with Crippen molar-refractivity contribution in [3.8, 4) is 0 Å². The second kappa shape index (κ2) is 7.49. The summed E-state index contributed by atoms with van der Waals surface area (Å²) in [5.41, 5.74) is 0.532. The van der Waals surface area contributed by atoms with E-state index in [2.05, 4.69) is 18.8 Å². The van der Waals surface area contributed by atoms with Crippen LogP contribution in [0.3, 0.4) is 0 Å². The molecule has 0 aliphatic heterocycles. The van der Waals surface area contributed by atoms with E-state index in [0.717, 1.165) is 5.92 Å². The number of hydrogen-bond donors (Lipinski definition) is 1. The Balaban J connectivity index is 2.25. The van der Waals surface area contributed by atoms with Gasteiger partial charge in [-0.2, -0.15) is 0 Å². The molecule has 3 heteroatoms. The van der Waals surface area contributed by atoms with E-state index in [0.29, 0.717) is 24.8 Å². The van der Waals surface area contributed by atoms with E-state index in [-0.39, 0.29) is 5.97 Å². The fourth-order valence-electron chi connectivity index (χ4n) is 2.26. The Kier molecular flexibility index (Phi) is 6.27. The van der Waals surface area contributed by atoms with Crippen molar-refractivity contribution in [3.63, 3.8) is 0 Å². The monoisotopic (exact) mass is 239 g/mol. The van der Waals surface area contributed by atoms with Gasteiger partial charge in [0, 0.05) is 18.2 Å². The molecule has 1 saturated carbocycles. The van der Waals surface area contributed by atoms with Crippen LogP contribution in [0.15, 0.2) is 12.2 Å². The van der Waals surface area contributed by atoms with Gasteiger partial charge in [-0.25, -0.2) is 4.79 Å². The molecule has 0 saturated heterocycles. The highest BCUT2D eigenvalue weighted by Gasteiger charge is 2.16. The third-order valence-electron chi connectivity index (χ3n) is 3.43. The number of ether oxygens (including phenoxy) is 1. The van der Waals surface area contributed by atoms with Gasteiger partial charge in [-0.3, -0.25) is 0 Å². The second-order valence-corrected chi connectivity index (χ2v) is 5.02. The van der Waals surface area contributed by atoms with Crippen molar-refractivity contribution >= 4 is 5.97 Å². The molecule has 0 aromatic rings. The standard InChI is InChI=1S/C14H25NO2/c1-4-17-14(16)12(3)10-15-13-7-5-6-11(2)8-9-13/h11,13,15H,3-10H2,1-2H3. The summed E-state index contributed by atoms with van der Waals surface area (Å²) in [6.07, 6.45) is 6.31. The van der Waals surface area contributed by atoms with Crippen molar-refractivity contribution in [2.24, 2.45) is 5.92 Å². The molecule has 0 spiro atoms. The molecule has 3 nitrogen and oxygen atoms in total. The van der Waals surface area contributed by atoms with Crippen LogP contribution in [-0.4, -0.2) is 25.2 Å². The summed E-state index contributed by atoms with van der Waals surface area (Å²) in [7, 11) is 0. The summed E-state index contributed by atoms with van der Waals surface area (Å²) in [5.74, 6) is 0.567. The predicted molar refractivity (Wildman–Crippen MR) is 69.8 cm³/mol. The van der Waals surface area contributed by atoms with E-state index < -0.39 is 0 Å². The Labute approximate surface area is 105 Å². The van der Waals surface area contributed by atoms with Gasteiger partial charge in [0.05, 0.1) is 6.61 Å². The zero-order valence-electron chi connectivity index (χ0n) is 11.1. The van der Waals surface area contributed by atoms with Crippen molar-refractivity contribution in [1.82, 2.24) is 5.32 Å². The van der Waals surface area contributed by atoms with Gasteiger partial charge in [-0.05, 0) is 32.1 Å². The number of hydrogen-bond acceptors (Lipinski definition) is 3. The predicted octanol–water partition coefficient (Wildman–Crippen LogP) is 2.66.